The lowest BCUT2D eigenvalue weighted by atomic mass is 10.2. The molecule has 2 amide bonds. The van der Waals surface area contributed by atoms with E-state index in [4.69, 9.17) is 0 Å². The monoisotopic (exact) mass is 370 g/mol. The molecule has 2 aromatic carbocycles. The number of carbonyl (C=O) groups excluding carboxylic acids is 2. The number of amides is 2. The predicted octanol–water partition coefficient (Wildman–Crippen LogP) is 3.10. The average molecular weight is 370 g/mol. The smallest absolute Gasteiger partial charge is 0.254 e. The Morgan fingerprint density at radius 1 is 1.04 bits per heavy atom. The molecule has 0 aliphatic carbocycles. The van der Waals surface area contributed by atoms with Crippen molar-refractivity contribution in [2.75, 3.05) is 5.32 Å². The van der Waals surface area contributed by atoms with Crippen molar-refractivity contribution >= 4 is 28.3 Å². The zero-order valence-corrected chi connectivity index (χ0v) is 14.6. The first kappa shape index (κ1) is 17.7. The van der Waals surface area contributed by atoms with Crippen LogP contribution in [-0.2, 0) is 4.79 Å². The lowest BCUT2D eigenvalue weighted by Crippen LogP contribution is -2.41. The van der Waals surface area contributed by atoms with Gasteiger partial charge in [0.2, 0.25) is 11.0 Å². The van der Waals surface area contributed by atoms with Gasteiger partial charge in [0.15, 0.2) is 0 Å². The molecule has 3 aromatic rings. The van der Waals surface area contributed by atoms with E-state index in [1.807, 2.05) is 30.3 Å². The maximum atomic E-state index is 13.6. The van der Waals surface area contributed by atoms with Crippen molar-refractivity contribution in [1.82, 2.24) is 15.5 Å². The molecule has 0 unspecified atom stereocenters. The van der Waals surface area contributed by atoms with Crippen LogP contribution < -0.4 is 10.6 Å². The largest absolute Gasteiger partial charge is 0.340 e. The van der Waals surface area contributed by atoms with Gasteiger partial charge in [-0.25, -0.2) is 4.39 Å². The maximum absolute atomic E-state index is 13.6. The molecule has 0 aliphatic heterocycles. The fourth-order valence-electron chi connectivity index (χ4n) is 2.17. The van der Waals surface area contributed by atoms with Gasteiger partial charge < -0.3 is 5.32 Å². The Bertz CT molecular complexity index is 930. The zero-order valence-electron chi connectivity index (χ0n) is 13.8. The van der Waals surface area contributed by atoms with Crippen molar-refractivity contribution in [3.05, 3.63) is 66.0 Å². The van der Waals surface area contributed by atoms with Crippen LogP contribution in [0.15, 0.2) is 54.6 Å². The lowest BCUT2D eigenvalue weighted by Gasteiger charge is -2.13. The summed E-state index contributed by atoms with van der Waals surface area (Å²) in [6.45, 7) is 1.51. The quantitative estimate of drug-likeness (QED) is 0.723. The third kappa shape index (κ3) is 4.09. The van der Waals surface area contributed by atoms with E-state index in [-0.39, 0.29) is 5.56 Å². The van der Waals surface area contributed by atoms with Gasteiger partial charge in [-0.1, -0.05) is 53.8 Å². The first-order valence-electron chi connectivity index (χ1n) is 7.80. The molecule has 0 bridgehead atoms. The van der Waals surface area contributed by atoms with E-state index in [0.29, 0.717) is 10.1 Å². The van der Waals surface area contributed by atoms with E-state index >= 15 is 0 Å². The molecule has 1 aromatic heterocycles. The van der Waals surface area contributed by atoms with E-state index in [9.17, 15) is 14.0 Å². The van der Waals surface area contributed by atoms with Crippen molar-refractivity contribution in [2.45, 2.75) is 13.0 Å². The van der Waals surface area contributed by atoms with Crippen LogP contribution in [0.4, 0.5) is 9.52 Å². The highest BCUT2D eigenvalue weighted by Gasteiger charge is 2.20. The summed E-state index contributed by atoms with van der Waals surface area (Å²) in [5.41, 5.74) is 0.779. The topological polar surface area (TPSA) is 84.0 Å². The van der Waals surface area contributed by atoms with Gasteiger partial charge in [0.25, 0.3) is 5.91 Å². The SMILES string of the molecule is C[C@H](NC(=O)c1ccccc1F)C(=O)Nc1nnc(-c2ccccc2)s1. The van der Waals surface area contributed by atoms with Gasteiger partial charge in [0.05, 0.1) is 5.56 Å². The Labute approximate surface area is 153 Å². The van der Waals surface area contributed by atoms with E-state index < -0.39 is 23.7 Å². The van der Waals surface area contributed by atoms with Crippen molar-refractivity contribution in [3.63, 3.8) is 0 Å². The van der Waals surface area contributed by atoms with Crippen molar-refractivity contribution < 1.29 is 14.0 Å². The number of hydrogen-bond acceptors (Lipinski definition) is 5. The van der Waals surface area contributed by atoms with Gasteiger partial charge in [-0.3, -0.25) is 14.9 Å². The Hall–Kier alpha value is -3.13. The van der Waals surface area contributed by atoms with Gasteiger partial charge >= 0.3 is 0 Å². The van der Waals surface area contributed by atoms with E-state index in [0.717, 1.165) is 5.56 Å². The van der Waals surface area contributed by atoms with Gasteiger partial charge in [-0.2, -0.15) is 0 Å². The molecule has 6 nitrogen and oxygen atoms in total. The number of aromatic nitrogens is 2. The van der Waals surface area contributed by atoms with Gasteiger partial charge in [-0.15, -0.1) is 10.2 Å². The average Bonchev–Trinajstić information content (AvgIpc) is 3.11. The standard InChI is InChI=1S/C18H15FN4O2S/c1-11(20-16(25)13-9-5-6-10-14(13)19)15(24)21-18-23-22-17(26-18)12-7-3-2-4-8-12/h2-11H,1H3,(H,20,25)(H,21,23,24)/t11-/m0/s1. The van der Waals surface area contributed by atoms with Crippen molar-refractivity contribution in [1.29, 1.82) is 0 Å². The van der Waals surface area contributed by atoms with Gasteiger partial charge in [-0.05, 0) is 19.1 Å². The molecule has 0 fully saturated rings. The molecule has 0 spiro atoms. The summed E-state index contributed by atoms with van der Waals surface area (Å²) < 4.78 is 13.6. The highest BCUT2D eigenvalue weighted by Crippen LogP contribution is 2.25. The molecule has 26 heavy (non-hydrogen) atoms. The molecular weight excluding hydrogens is 355 g/mol. The Morgan fingerprint density at radius 3 is 2.46 bits per heavy atom. The third-order valence-corrected chi connectivity index (χ3v) is 4.42. The summed E-state index contributed by atoms with van der Waals surface area (Å²) in [5.74, 6) is -1.77. The van der Waals surface area contributed by atoms with Crippen LogP contribution in [-0.4, -0.2) is 28.1 Å². The second-order valence-corrected chi connectivity index (χ2v) is 6.42. The summed E-state index contributed by atoms with van der Waals surface area (Å²) in [5, 5.41) is 14.0. The first-order chi connectivity index (χ1) is 12.5. The number of rotatable bonds is 5. The predicted molar refractivity (Wildman–Crippen MR) is 97.3 cm³/mol. The highest BCUT2D eigenvalue weighted by atomic mass is 32.1. The number of nitrogens with zero attached hydrogens (tertiary/aromatic N) is 2. The number of nitrogens with one attached hydrogen (secondary N) is 2. The molecule has 132 valence electrons. The lowest BCUT2D eigenvalue weighted by molar-refractivity contribution is -0.117. The summed E-state index contributed by atoms with van der Waals surface area (Å²) >= 11 is 1.22. The van der Waals surface area contributed by atoms with Crippen LogP contribution in [0, 0.1) is 5.82 Å². The number of halogens is 1. The summed E-state index contributed by atoms with van der Waals surface area (Å²) in [4.78, 5) is 24.3. The molecule has 1 atom stereocenters. The van der Waals surface area contributed by atoms with Crippen molar-refractivity contribution in [3.8, 4) is 10.6 Å². The highest BCUT2D eigenvalue weighted by molar-refractivity contribution is 7.18. The third-order valence-electron chi connectivity index (χ3n) is 3.54. The fraction of sp³-hybridized carbons (Fsp3) is 0.111. The number of hydrogen-bond donors (Lipinski definition) is 2. The zero-order chi connectivity index (χ0) is 18.5. The summed E-state index contributed by atoms with van der Waals surface area (Å²) in [7, 11) is 0. The summed E-state index contributed by atoms with van der Waals surface area (Å²) in [6.07, 6.45) is 0. The minimum Gasteiger partial charge on any atom is -0.340 e. The molecule has 2 N–H and O–H groups in total. The van der Waals surface area contributed by atoms with Crippen molar-refractivity contribution in [2.24, 2.45) is 0 Å². The minimum atomic E-state index is -0.869. The Balaban J connectivity index is 1.62. The molecule has 0 saturated carbocycles. The Kier molecular flexibility index (Phi) is 5.33. The fourth-order valence-corrected chi connectivity index (χ4v) is 2.92. The number of anilines is 1. The van der Waals surface area contributed by atoms with E-state index in [2.05, 4.69) is 20.8 Å². The molecule has 8 heteroatoms. The van der Waals surface area contributed by atoms with Gasteiger partial charge in [0.1, 0.15) is 16.9 Å². The molecule has 0 radical (unpaired) electrons. The normalized spacial score (nSPS) is 11.6. The molecule has 0 saturated heterocycles. The first-order valence-corrected chi connectivity index (χ1v) is 8.61. The van der Waals surface area contributed by atoms with Crippen LogP contribution in [0.5, 0.6) is 0 Å². The van der Waals surface area contributed by atoms with Crippen LogP contribution in [0.25, 0.3) is 10.6 Å². The second-order valence-electron chi connectivity index (χ2n) is 5.44. The number of carbonyl (C=O) groups is 2. The van der Waals surface area contributed by atoms with Crippen LogP contribution >= 0.6 is 11.3 Å². The molecule has 0 aliphatic rings. The minimum absolute atomic E-state index is 0.116. The number of benzene rings is 2. The van der Waals surface area contributed by atoms with Crippen LogP contribution in [0.3, 0.4) is 0 Å². The van der Waals surface area contributed by atoms with Crippen LogP contribution in [0.1, 0.15) is 17.3 Å². The van der Waals surface area contributed by atoms with E-state index in [1.165, 1.54) is 36.5 Å². The van der Waals surface area contributed by atoms with E-state index in [1.54, 1.807) is 6.07 Å². The maximum Gasteiger partial charge on any atom is 0.254 e. The van der Waals surface area contributed by atoms with Gasteiger partial charge in [0, 0.05) is 5.56 Å². The Morgan fingerprint density at radius 2 is 1.73 bits per heavy atom. The second kappa shape index (κ2) is 7.83. The molecule has 3 rings (SSSR count). The molecule has 1 heterocycles. The molecular formula is C18H15FN4O2S. The summed E-state index contributed by atoms with van der Waals surface area (Å²) in [6, 6.07) is 14.2. The van der Waals surface area contributed by atoms with Crippen LogP contribution in [0.2, 0.25) is 0 Å².